The van der Waals surface area contributed by atoms with Crippen LogP contribution in [-0.4, -0.2) is 41.1 Å². The SMILES string of the molecule is COC(=O)CC1=CCC(O)CC1.O=C(O)CC1=CCC(=O)CC1. The molecule has 0 saturated heterocycles. The molecule has 0 aliphatic heterocycles. The third-order valence-corrected chi connectivity index (χ3v) is 3.80. The van der Waals surface area contributed by atoms with E-state index in [1.54, 1.807) is 6.08 Å². The van der Waals surface area contributed by atoms with Crippen molar-refractivity contribution in [2.45, 2.75) is 57.5 Å². The smallest absolute Gasteiger partial charge is 0.309 e. The van der Waals surface area contributed by atoms with Crippen LogP contribution in [0.25, 0.3) is 0 Å². The maximum atomic E-state index is 10.8. The van der Waals surface area contributed by atoms with E-state index in [1.807, 2.05) is 6.08 Å². The minimum atomic E-state index is -0.814. The normalized spacial score (nSPS) is 20.6. The van der Waals surface area contributed by atoms with E-state index in [9.17, 15) is 14.4 Å². The zero-order valence-electron chi connectivity index (χ0n) is 13.4. The number of carbonyl (C=O) groups is 3. The van der Waals surface area contributed by atoms with Gasteiger partial charge in [-0.25, -0.2) is 0 Å². The Balaban J connectivity index is 0.000000231. The van der Waals surface area contributed by atoms with Gasteiger partial charge in [0.2, 0.25) is 0 Å². The summed E-state index contributed by atoms with van der Waals surface area (Å²) < 4.78 is 4.54. The lowest BCUT2D eigenvalue weighted by molar-refractivity contribution is -0.140. The average molecular weight is 324 g/mol. The van der Waals surface area contributed by atoms with E-state index in [4.69, 9.17) is 10.2 Å². The summed E-state index contributed by atoms with van der Waals surface area (Å²) in [5.74, 6) is -0.803. The van der Waals surface area contributed by atoms with Crippen LogP contribution in [0.15, 0.2) is 23.3 Å². The molecule has 1 atom stereocenters. The lowest BCUT2D eigenvalue weighted by Crippen LogP contribution is -2.12. The van der Waals surface area contributed by atoms with Gasteiger partial charge < -0.3 is 14.9 Å². The summed E-state index contributed by atoms with van der Waals surface area (Å²) in [4.78, 5) is 31.8. The molecule has 0 spiro atoms. The second-order valence-electron chi connectivity index (χ2n) is 5.72. The molecular weight excluding hydrogens is 300 g/mol. The second kappa shape index (κ2) is 9.94. The fourth-order valence-electron chi connectivity index (χ4n) is 2.41. The van der Waals surface area contributed by atoms with E-state index >= 15 is 0 Å². The topological polar surface area (TPSA) is 101 Å². The van der Waals surface area contributed by atoms with Crippen LogP contribution in [0.2, 0.25) is 0 Å². The monoisotopic (exact) mass is 324 g/mol. The van der Waals surface area contributed by atoms with Gasteiger partial charge in [0.25, 0.3) is 0 Å². The van der Waals surface area contributed by atoms with Crippen molar-refractivity contribution in [3.8, 4) is 0 Å². The molecule has 2 aliphatic carbocycles. The van der Waals surface area contributed by atoms with Crippen molar-refractivity contribution < 1.29 is 29.3 Å². The van der Waals surface area contributed by atoms with Crippen LogP contribution < -0.4 is 0 Å². The number of methoxy groups -OCH3 is 1. The molecule has 0 heterocycles. The Kier molecular flexibility index (Phi) is 8.26. The van der Waals surface area contributed by atoms with Gasteiger partial charge in [-0.15, -0.1) is 0 Å². The molecule has 0 saturated carbocycles. The van der Waals surface area contributed by atoms with E-state index in [2.05, 4.69) is 4.74 Å². The third kappa shape index (κ3) is 8.30. The molecule has 0 radical (unpaired) electrons. The molecule has 128 valence electrons. The Labute approximate surface area is 135 Å². The van der Waals surface area contributed by atoms with Crippen LogP contribution >= 0.6 is 0 Å². The van der Waals surface area contributed by atoms with Gasteiger partial charge >= 0.3 is 11.9 Å². The van der Waals surface area contributed by atoms with Crippen molar-refractivity contribution >= 4 is 17.7 Å². The maximum Gasteiger partial charge on any atom is 0.309 e. The highest BCUT2D eigenvalue weighted by Crippen LogP contribution is 2.20. The predicted molar refractivity (Wildman–Crippen MR) is 83.8 cm³/mol. The molecule has 0 amide bonds. The number of Topliss-reactive ketones (excluding diaryl/α,β-unsaturated/α-hetero) is 1. The number of allylic oxidation sites excluding steroid dienone is 1. The summed E-state index contributed by atoms with van der Waals surface area (Å²) >= 11 is 0. The number of aliphatic hydroxyl groups excluding tert-OH is 1. The van der Waals surface area contributed by atoms with Crippen molar-refractivity contribution in [3.63, 3.8) is 0 Å². The van der Waals surface area contributed by atoms with Crippen molar-refractivity contribution in [1.82, 2.24) is 0 Å². The Morgan fingerprint density at radius 3 is 2.35 bits per heavy atom. The number of ether oxygens (including phenoxy) is 1. The van der Waals surface area contributed by atoms with Crippen molar-refractivity contribution in [3.05, 3.63) is 23.3 Å². The zero-order valence-corrected chi connectivity index (χ0v) is 13.4. The first-order valence-corrected chi connectivity index (χ1v) is 7.75. The highest BCUT2D eigenvalue weighted by molar-refractivity contribution is 5.82. The number of carbonyl (C=O) groups excluding carboxylic acids is 2. The molecule has 0 bridgehead atoms. The van der Waals surface area contributed by atoms with E-state index < -0.39 is 5.97 Å². The molecule has 0 aromatic carbocycles. The molecule has 6 nitrogen and oxygen atoms in total. The fourth-order valence-corrected chi connectivity index (χ4v) is 2.41. The third-order valence-electron chi connectivity index (χ3n) is 3.80. The number of rotatable bonds is 4. The number of hydrogen-bond donors (Lipinski definition) is 2. The van der Waals surface area contributed by atoms with Crippen molar-refractivity contribution in [1.29, 1.82) is 0 Å². The van der Waals surface area contributed by atoms with E-state index in [1.165, 1.54) is 7.11 Å². The molecule has 2 N–H and O–H groups in total. The minimum absolute atomic E-state index is 0.0906. The number of hydrogen-bond acceptors (Lipinski definition) is 5. The van der Waals surface area contributed by atoms with Gasteiger partial charge in [0.05, 0.1) is 26.1 Å². The highest BCUT2D eigenvalue weighted by Gasteiger charge is 2.14. The minimum Gasteiger partial charge on any atom is -0.481 e. The van der Waals surface area contributed by atoms with E-state index in [0.29, 0.717) is 32.1 Å². The standard InChI is InChI=1S/C9H14O3.C8H10O3/c1-12-9(11)6-7-2-4-8(10)5-3-7;9-7-3-1-6(2-4-7)5-8(10)11/h2,8,10H,3-6H2,1H3;1H,2-5H2,(H,10,11). The molecule has 1 unspecified atom stereocenters. The summed E-state index contributed by atoms with van der Waals surface area (Å²) in [5, 5.41) is 17.6. The van der Waals surface area contributed by atoms with Crippen LogP contribution in [0, 0.1) is 0 Å². The Hall–Kier alpha value is -1.95. The summed E-state index contributed by atoms with van der Waals surface area (Å²) in [5.41, 5.74) is 1.98. The molecule has 2 aliphatic rings. The highest BCUT2D eigenvalue weighted by atomic mass is 16.5. The zero-order chi connectivity index (χ0) is 17.2. The number of carboxylic acids is 1. The van der Waals surface area contributed by atoms with Crippen LogP contribution in [0.5, 0.6) is 0 Å². The van der Waals surface area contributed by atoms with Crippen LogP contribution in [0.1, 0.15) is 51.4 Å². The first-order chi connectivity index (χ1) is 10.9. The second-order valence-corrected chi connectivity index (χ2v) is 5.72. The Morgan fingerprint density at radius 2 is 1.87 bits per heavy atom. The van der Waals surface area contributed by atoms with Gasteiger partial charge in [0.1, 0.15) is 5.78 Å². The lowest BCUT2D eigenvalue weighted by Gasteiger charge is -2.16. The number of carboxylic acid groups (broad SMARTS) is 1. The van der Waals surface area contributed by atoms with Crippen LogP contribution in [0.4, 0.5) is 0 Å². The van der Waals surface area contributed by atoms with E-state index in [0.717, 1.165) is 24.0 Å². The summed E-state index contributed by atoms with van der Waals surface area (Å²) in [6, 6.07) is 0. The first kappa shape index (κ1) is 19.1. The molecule has 0 aromatic rings. The van der Waals surface area contributed by atoms with Gasteiger partial charge in [0.15, 0.2) is 0 Å². The summed E-state index contributed by atoms with van der Waals surface area (Å²) in [6.45, 7) is 0. The molecule has 23 heavy (non-hydrogen) atoms. The molecule has 0 fully saturated rings. The Bertz CT molecular complexity index is 503. The molecular formula is C17H24O6. The van der Waals surface area contributed by atoms with Crippen LogP contribution in [-0.2, 0) is 19.1 Å². The molecule has 6 heteroatoms. The molecule has 2 rings (SSSR count). The Morgan fingerprint density at radius 1 is 1.17 bits per heavy atom. The number of aliphatic hydroxyl groups is 1. The van der Waals surface area contributed by atoms with Gasteiger partial charge in [-0.05, 0) is 25.7 Å². The number of ketones is 1. The van der Waals surface area contributed by atoms with E-state index in [-0.39, 0.29) is 24.3 Å². The fraction of sp³-hybridized carbons (Fsp3) is 0.588. The van der Waals surface area contributed by atoms with Gasteiger partial charge in [-0.2, -0.15) is 0 Å². The predicted octanol–water partition coefficient (Wildman–Crippen LogP) is 2.16. The number of aliphatic carboxylic acids is 1. The average Bonchev–Trinajstić information content (AvgIpc) is 2.52. The van der Waals surface area contributed by atoms with Crippen LogP contribution in [0.3, 0.4) is 0 Å². The van der Waals surface area contributed by atoms with Gasteiger partial charge in [-0.1, -0.05) is 23.3 Å². The van der Waals surface area contributed by atoms with Crippen molar-refractivity contribution in [2.75, 3.05) is 7.11 Å². The maximum absolute atomic E-state index is 10.8. The first-order valence-electron chi connectivity index (χ1n) is 7.75. The van der Waals surface area contributed by atoms with Gasteiger partial charge in [0, 0.05) is 12.8 Å². The summed E-state index contributed by atoms with van der Waals surface area (Å²) in [7, 11) is 1.39. The van der Waals surface area contributed by atoms with Crippen molar-refractivity contribution in [2.24, 2.45) is 0 Å². The largest absolute Gasteiger partial charge is 0.481 e. The molecule has 0 aromatic heterocycles. The number of esters is 1. The quantitative estimate of drug-likeness (QED) is 0.607. The van der Waals surface area contributed by atoms with Gasteiger partial charge in [-0.3, -0.25) is 14.4 Å². The summed E-state index contributed by atoms with van der Waals surface area (Å²) in [6.07, 6.45) is 7.74. The lowest BCUT2D eigenvalue weighted by atomic mass is 9.95.